The quantitative estimate of drug-likeness (QED) is 0.343. The van der Waals surface area contributed by atoms with Crippen LogP contribution in [0.1, 0.15) is 6.92 Å². The lowest BCUT2D eigenvalue weighted by Crippen LogP contribution is -1.92. The number of aromatic nitrogens is 1. The van der Waals surface area contributed by atoms with Crippen LogP contribution >= 0.6 is 61.9 Å². The fraction of sp³-hybridized carbons (Fsp3) is 0.182. The van der Waals surface area contributed by atoms with E-state index in [2.05, 4.69) is 43.5 Å². The predicted molar refractivity (Wildman–Crippen MR) is 83.5 cm³/mol. The zero-order valence-electron chi connectivity index (χ0n) is 8.73. The average Bonchev–Trinajstić information content (AvgIpc) is 2.29. The number of nitrogens with zero attached hydrogens (tertiary/aromatic N) is 1. The van der Waals surface area contributed by atoms with Crippen LogP contribution in [0.25, 0.3) is 10.9 Å². The number of rotatable bonds is 2. The SMILES string of the molecule is CCSc1cc(Cl)c2cc(I)c(Br)c(F)c2n1. The Balaban J connectivity index is 2.78. The van der Waals surface area contributed by atoms with Gasteiger partial charge in [-0.3, -0.25) is 0 Å². The van der Waals surface area contributed by atoms with Crippen LogP contribution in [0.15, 0.2) is 21.6 Å². The average molecular weight is 447 g/mol. The zero-order valence-corrected chi connectivity index (χ0v) is 14.0. The minimum Gasteiger partial charge on any atom is -0.238 e. The molecule has 1 heterocycles. The molecule has 0 aliphatic carbocycles. The molecule has 0 radical (unpaired) electrons. The lowest BCUT2D eigenvalue weighted by molar-refractivity contribution is 0.628. The number of halogens is 4. The Morgan fingerprint density at radius 3 is 2.88 bits per heavy atom. The molecule has 0 aliphatic heterocycles. The smallest absolute Gasteiger partial charge is 0.164 e. The summed E-state index contributed by atoms with van der Waals surface area (Å²) in [5.74, 6) is 0.523. The van der Waals surface area contributed by atoms with Gasteiger partial charge in [-0.2, -0.15) is 0 Å². The second-order valence-electron chi connectivity index (χ2n) is 3.26. The highest BCUT2D eigenvalue weighted by Crippen LogP contribution is 2.34. The van der Waals surface area contributed by atoms with Crippen LogP contribution in [0.2, 0.25) is 5.02 Å². The van der Waals surface area contributed by atoms with Crippen LogP contribution < -0.4 is 0 Å². The molecule has 0 aliphatic rings. The molecular formula is C11H7BrClFINS. The molecule has 17 heavy (non-hydrogen) atoms. The third-order valence-electron chi connectivity index (χ3n) is 2.16. The molecule has 2 rings (SSSR count). The first-order chi connectivity index (χ1) is 8.04. The Morgan fingerprint density at radius 2 is 2.24 bits per heavy atom. The first-order valence-corrected chi connectivity index (χ1v) is 8.04. The fourth-order valence-corrected chi connectivity index (χ4v) is 3.24. The van der Waals surface area contributed by atoms with Crippen LogP contribution in [-0.2, 0) is 0 Å². The third kappa shape index (κ3) is 2.72. The van der Waals surface area contributed by atoms with Crippen molar-refractivity contribution in [3.63, 3.8) is 0 Å². The van der Waals surface area contributed by atoms with Crippen molar-refractivity contribution in [1.29, 1.82) is 0 Å². The molecule has 0 amide bonds. The molecule has 0 saturated heterocycles. The summed E-state index contributed by atoms with van der Waals surface area (Å²) in [6.07, 6.45) is 0. The summed E-state index contributed by atoms with van der Waals surface area (Å²) in [6.45, 7) is 2.02. The monoisotopic (exact) mass is 445 g/mol. The third-order valence-corrected chi connectivity index (χ3v) is 5.63. The Hall–Kier alpha value is 0.410. The van der Waals surface area contributed by atoms with Crippen molar-refractivity contribution in [3.8, 4) is 0 Å². The zero-order chi connectivity index (χ0) is 12.6. The van der Waals surface area contributed by atoms with Gasteiger partial charge in [-0.05, 0) is 56.4 Å². The van der Waals surface area contributed by atoms with E-state index in [0.717, 1.165) is 14.3 Å². The van der Waals surface area contributed by atoms with Crippen LogP contribution in [0.3, 0.4) is 0 Å². The van der Waals surface area contributed by atoms with Gasteiger partial charge in [0.25, 0.3) is 0 Å². The van der Waals surface area contributed by atoms with Crippen LogP contribution in [-0.4, -0.2) is 10.7 Å². The van der Waals surface area contributed by atoms with Crippen LogP contribution in [0.5, 0.6) is 0 Å². The van der Waals surface area contributed by atoms with E-state index in [4.69, 9.17) is 11.6 Å². The van der Waals surface area contributed by atoms with Crippen molar-refractivity contribution in [2.75, 3.05) is 5.75 Å². The molecule has 0 unspecified atom stereocenters. The largest absolute Gasteiger partial charge is 0.238 e. The van der Waals surface area contributed by atoms with Gasteiger partial charge in [0.1, 0.15) is 5.52 Å². The Labute approximate surface area is 130 Å². The highest BCUT2D eigenvalue weighted by molar-refractivity contribution is 14.1. The molecule has 0 N–H and O–H groups in total. The summed E-state index contributed by atoms with van der Waals surface area (Å²) in [5, 5.41) is 1.93. The number of hydrogen-bond acceptors (Lipinski definition) is 2. The predicted octanol–water partition coefficient (Wildman–Crippen LogP) is 5.51. The topological polar surface area (TPSA) is 12.9 Å². The molecule has 0 saturated carbocycles. The van der Waals surface area contributed by atoms with E-state index in [9.17, 15) is 4.39 Å². The number of pyridine rings is 1. The van der Waals surface area contributed by atoms with Gasteiger partial charge in [0.05, 0.1) is 14.5 Å². The molecule has 6 heteroatoms. The maximum absolute atomic E-state index is 14.1. The van der Waals surface area contributed by atoms with E-state index in [1.54, 1.807) is 17.8 Å². The maximum atomic E-state index is 14.1. The first-order valence-electron chi connectivity index (χ1n) is 4.81. The summed E-state index contributed by atoms with van der Waals surface area (Å²) in [4.78, 5) is 4.30. The maximum Gasteiger partial charge on any atom is 0.164 e. The Bertz CT molecular complexity index is 593. The van der Waals surface area contributed by atoms with Crippen LogP contribution in [0.4, 0.5) is 4.39 Å². The molecule has 0 bridgehead atoms. The van der Waals surface area contributed by atoms with Crippen LogP contribution in [0, 0.1) is 9.39 Å². The Morgan fingerprint density at radius 1 is 1.53 bits per heavy atom. The van der Waals surface area contributed by atoms with Gasteiger partial charge in [-0.1, -0.05) is 18.5 Å². The summed E-state index contributed by atoms with van der Waals surface area (Å²) in [6, 6.07) is 3.61. The number of hydrogen-bond donors (Lipinski definition) is 0. The van der Waals surface area contributed by atoms with Gasteiger partial charge in [-0.15, -0.1) is 11.8 Å². The molecule has 1 nitrogen and oxygen atoms in total. The van der Waals surface area contributed by atoms with Gasteiger partial charge < -0.3 is 0 Å². The molecular weight excluding hydrogens is 439 g/mol. The van der Waals surface area contributed by atoms with Gasteiger partial charge >= 0.3 is 0 Å². The van der Waals surface area contributed by atoms with Crippen molar-refractivity contribution >= 4 is 72.8 Å². The second kappa shape index (κ2) is 5.59. The molecule has 1 aromatic carbocycles. The first kappa shape index (κ1) is 13.8. The van der Waals surface area contributed by atoms with Gasteiger partial charge in [0, 0.05) is 8.96 Å². The van der Waals surface area contributed by atoms with E-state index in [-0.39, 0.29) is 5.82 Å². The van der Waals surface area contributed by atoms with E-state index in [1.807, 2.05) is 13.0 Å². The molecule has 0 fully saturated rings. The lowest BCUT2D eigenvalue weighted by atomic mass is 10.2. The summed E-state index contributed by atoms with van der Waals surface area (Å²) < 4.78 is 15.3. The second-order valence-corrected chi connectivity index (χ2v) is 6.90. The summed E-state index contributed by atoms with van der Waals surface area (Å²) >= 11 is 13.0. The molecule has 90 valence electrons. The summed E-state index contributed by atoms with van der Waals surface area (Å²) in [5.41, 5.74) is 0.320. The number of thioether (sulfide) groups is 1. The normalized spacial score (nSPS) is 11.1. The lowest BCUT2D eigenvalue weighted by Gasteiger charge is -2.07. The van der Waals surface area contributed by atoms with Crippen molar-refractivity contribution in [3.05, 3.63) is 31.0 Å². The molecule has 1 aromatic heterocycles. The minimum absolute atomic E-state index is 0.320. The van der Waals surface area contributed by atoms with E-state index < -0.39 is 0 Å². The standard InChI is InChI=1S/C11H7BrClFINS/c1-2-17-8-4-6(13)5-3-7(15)9(12)10(14)11(5)16-8/h3-4H,2H2,1H3. The van der Waals surface area contributed by atoms with E-state index in [0.29, 0.717) is 20.4 Å². The molecule has 2 aromatic rings. The highest BCUT2D eigenvalue weighted by Gasteiger charge is 2.14. The summed E-state index contributed by atoms with van der Waals surface area (Å²) in [7, 11) is 0. The van der Waals surface area contributed by atoms with E-state index >= 15 is 0 Å². The van der Waals surface area contributed by atoms with Gasteiger partial charge in [-0.25, -0.2) is 9.37 Å². The van der Waals surface area contributed by atoms with Crippen molar-refractivity contribution in [1.82, 2.24) is 4.98 Å². The number of benzene rings is 1. The Kier molecular flexibility index (Phi) is 4.55. The van der Waals surface area contributed by atoms with Crippen molar-refractivity contribution in [2.45, 2.75) is 11.9 Å². The van der Waals surface area contributed by atoms with Gasteiger partial charge in [0.2, 0.25) is 0 Å². The van der Waals surface area contributed by atoms with Crippen molar-refractivity contribution < 1.29 is 4.39 Å². The van der Waals surface area contributed by atoms with Gasteiger partial charge in [0.15, 0.2) is 5.82 Å². The van der Waals surface area contributed by atoms with Crippen molar-refractivity contribution in [2.24, 2.45) is 0 Å². The molecule has 0 atom stereocenters. The highest BCUT2D eigenvalue weighted by atomic mass is 127. The van der Waals surface area contributed by atoms with E-state index in [1.165, 1.54) is 0 Å². The molecule has 0 spiro atoms. The minimum atomic E-state index is -0.354. The number of fused-ring (bicyclic) bond motifs is 1. The fourth-order valence-electron chi connectivity index (χ4n) is 1.43.